The highest BCUT2D eigenvalue weighted by molar-refractivity contribution is 5.98. The second-order valence-electron chi connectivity index (χ2n) is 9.69. The first kappa shape index (κ1) is 27.5. The van der Waals surface area contributed by atoms with E-state index in [9.17, 15) is 34.6 Å². The van der Waals surface area contributed by atoms with E-state index in [1.54, 1.807) is 0 Å². The minimum Gasteiger partial charge on any atom is -0.355 e. The lowest BCUT2D eigenvalue weighted by Crippen LogP contribution is -2.57. The predicted octanol–water partition coefficient (Wildman–Crippen LogP) is 2.70. The van der Waals surface area contributed by atoms with Gasteiger partial charge in [-0.15, -0.1) is 0 Å². The van der Waals surface area contributed by atoms with Crippen LogP contribution in [0.5, 0.6) is 0 Å². The van der Waals surface area contributed by atoms with Crippen molar-refractivity contribution in [2.75, 3.05) is 37.7 Å². The first-order valence-corrected chi connectivity index (χ1v) is 12.8. The highest BCUT2D eigenvalue weighted by Crippen LogP contribution is 2.40. The van der Waals surface area contributed by atoms with E-state index < -0.39 is 32.7 Å². The third-order valence-corrected chi connectivity index (χ3v) is 7.22. The molecule has 13 nitrogen and oxygen atoms in total. The van der Waals surface area contributed by atoms with Gasteiger partial charge in [0.2, 0.25) is 5.91 Å². The third-order valence-electron chi connectivity index (χ3n) is 7.22. The summed E-state index contributed by atoms with van der Waals surface area (Å²) in [4.78, 5) is 65.4. The summed E-state index contributed by atoms with van der Waals surface area (Å²) >= 11 is 0. The van der Waals surface area contributed by atoms with Gasteiger partial charge in [-0.2, -0.15) is 0 Å². The fourth-order valence-corrected chi connectivity index (χ4v) is 5.15. The fraction of sp³-hybridized carbons (Fsp3) is 0.423. The zero-order valence-electron chi connectivity index (χ0n) is 21.6. The maximum absolute atomic E-state index is 13.8. The Morgan fingerprint density at radius 1 is 1.00 bits per heavy atom. The largest absolute Gasteiger partial charge is 0.355 e. The number of anilines is 1. The Hall–Kier alpha value is -4.55. The lowest BCUT2D eigenvalue weighted by molar-refractivity contribution is -0.394. The number of nitro benzene ring substituents is 2. The molecule has 0 atom stereocenters. The molecule has 1 spiro atoms. The number of rotatable bonds is 9. The highest BCUT2D eigenvalue weighted by atomic mass is 16.6. The molecule has 0 radical (unpaired) electrons. The standard InChI is InChI=1S/C26H30N6O7/c1-2-3-11-27-23(33)17-29-18-30(20-7-5-4-6-8-20)26(25(29)35)9-12-28(13-10-26)24(34)19-14-21(31(36)37)16-22(15-19)32(38)39/h4-8,14-16H,2-3,9-13,17-18H2,1H3,(H,27,33). The molecule has 2 saturated heterocycles. The summed E-state index contributed by atoms with van der Waals surface area (Å²) in [6.45, 7) is 3.01. The number of nitrogens with one attached hydrogen (secondary N) is 1. The molecule has 39 heavy (non-hydrogen) atoms. The van der Waals surface area contributed by atoms with Crippen molar-refractivity contribution in [2.24, 2.45) is 0 Å². The molecule has 206 valence electrons. The smallest absolute Gasteiger partial charge is 0.277 e. The van der Waals surface area contributed by atoms with E-state index in [2.05, 4.69) is 5.32 Å². The number of hydrogen-bond acceptors (Lipinski definition) is 8. The maximum atomic E-state index is 13.8. The van der Waals surface area contributed by atoms with Gasteiger partial charge < -0.3 is 20.0 Å². The number of hydrogen-bond donors (Lipinski definition) is 1. The van der Waals surface area contributed by atoms with Crippen LogP contribution in [0, 0.1) is 20.2 Å². The molecule has 13 heteroatoms. The number of carbonyl (C=O) groups excluding carboxylic acids is 3. The van der Waals surface area contributed by atoms with Gasteiger partial charge in [-0.05, 0) is 31.4 Å². The number of piperidine rings is 1. The molecule has 1 N–H and O–H groups in total. The molecular formula is C26H30N6O7. The van der Waals surface area contributed by atoms with Crippen molar-refractivity contribution in [1.82, 2.24) is 15.1 Å². The fourth-order valence-electron chi connectivity index (χ4n) is 5.15. The molecule has 2 fully saturated rings. The molecule has 0 aromatic heterocycles. The Labute approximate surface area is 224 Å². The SMILES string of the molecule is CCCCNC(=O)CN1CN(c2ccccc2)C2(CCN(C(=O)c3cc([N+](=O)[O-])cc([N+](=O)[O-])c3)CC2)C1=O. The topological polar surface area (TPSA) is 159 Å². The van der Waals surface area contributed by atoms with Crippen molar-refractivity contribution in [1.29, 1.82) is 0 Å². The summed E-state index contributed by atoms with van der Waals surface area (Å²) in [5.41, 5.74) is -1.41. The Kier molecular flexibility index (Phi) is 8.07. The lowest BCUT2D eigenvalue weighted by atomic mass is 9.85. The van der Waals surface area contributed by atoms with Crippen LogP contribution in [0.2, 0.25) is 0 Å². The summed E-state index contributed by atoms with van der Waals surface area (Å²) in [7, 11) is 0. The highest BCUT2D eigenvalue weighted by Gasteiger charge is 2.54. The molecule has 0 saturated carbocycles. The van der Waals surface area contributed by atoms with E-state index in [-0.39, 0.29) is 56.5 Å². The minimum atomic E-state index is -0.976. The van der Waals surface area contributed by atoms with Crippen molar-refractivity contribution in [2.45, 2.75) is 38.1 Å². The van der Waals surface area contributed by atoms with Crippen LogP contribution in [0.4, 0.5) is 17.1 Å². The predicted molar refractivity (Wildman–Crippen MR) is 141 cm³/mol. The summed E-state index contributed by atoms with van der Waals surface area (Å²) in [5.74, 6) is -1.02. The summed E-state index contributed by atoms with van der Waals surface area (Å²) in [5, 5.41) is 25.4. The Balaban J connectivity index is 1.55. The third kappa shape index (κ3) is 5.66. The van der Waals surface area contributed by atoms with Gasteiger partial charge in [0.1, 0.15) is 12.1 Å². The van der Waals surface area contributed by atoms with Crippen molar-refractivity contribution >= 4 is 34.8 Å². The molecule has 2 aliphatic rings. The van der Waals surface area contributed by atoms with Gasteiger partial charge in [-0.1, -0.05) is 31.5 Å². The van der Waals surface area contributed by atoms with E-state index in [1.165, 1.54) is 9.80 Å². The molecule has 4 rings (SSSR count). The average molecular weight is 539 g/mol. The molecular weight excluding hydrogens is 508 g/mol. The number of amides is 3. The van der Waals surface area contributed by atoms with Gasteiger partial charge in [-0.3, -0.25) is 34.6 Å². The van der Waals surface area contributed by atoms with E-state index >= 15 is 0 Å². The van der Waals surface area contributed by atoms with E-state index in [4.69, 9.17) is 0 Å². The van der Waals surface area contributed by atoms with E-state index in [1.807, 2.05) is 42.2 Å². The maximum Gasteiger partial charge on any atom is 0.277 e. The van der Waals surface area contributed by atoms with Crippen LogP contribution in [0.1, 0.15) is 43.0 Å². The summed E-state index contributed by atoms with van der Waals surface area (Å²) in [6, 6.07) is 12.2. The van der Waals surface area contributed by atoms with Gasteiger partial charge in [0, 0.05) is 37.5 Å². The lowest BCUT2D eigenvalue weighted by Gasteiger charge is -2.43. The number of para-hydroxylation sites is 1. The number of unbranched alkanes of at least 4 members (excludes halogenated alkanes) is 1. The van der Waals surface area contributed by atoms with Crippen LogP contribution < -0.4 is 10.2 Å². The number of non-ortho nitro benzene ring substituents is 2. The van der Waals surface area contributed by atoms with Crippen LogP contribution in [0.25, 0.3) is 0 Å². The Morgan fingerprint density at radius 2 is 1.62 bits per heavy atom. The second kappa shape index (κ2) is 11.5. The van der Waals surface area contributed by atoms with Gasteiger partial charge in [0.15, 0.2) is 0 Å². The number of nitro groups is 2. The van der Waals surface area contributed by atoms with Gasteiger partial charge >= 0.3 is 0 Å². The molecule has 2 aliphatic heterocycles. The normalized spacial score (nSPS) is 16.4. The van der Waals surface area contributed by atoms with Crippen molar-refractivity contribution in [3.05, 3.63) is 74.3 Å². The average Bonchev–Trinajstić information content (AvgIpc) is 3.19. The quantitative estimate of drug-likeness (QED) is 0.290. The van der Waals surface area contributed by atoms with Crippen molar-refractivity contribution < 1.29 is 24.2 Å². The molecule has 2 aromatic carbocycles. The van der Waals surface area contributed by atoms with Crippen LogP contribution in [-0.4, -0.2) is 75.8 Å². The van der Waals surface area contributed by atoms with Gasteiger partial charge in [0.25, 0.3) is 23.2 Å². The van der Waals surface area contributed by atoms with Gasteiger partial charge in [0.05, 0.1) is 28.1 Å². The van der Waals surface area contributed by atoms with E-state index in [0.29, 0.717) is 6.54 Å². The zero-order chi connectivity index (χ0) is 28.2. The number of likely N-dealkylation sites (tertiary alicyclic amines) is 1. The molecule has 0 aliphatic carbocycles. The molecule has 0 unspecified atom stereocenters. The Bertz CT molecular complexity index is 1240. The van der Waals surface area contributed by atoms with Gasteiger partial charge in [-0.25, -0.2) is 0 Å². The number of nitrogens with zero attached hydrogens (tertiary/aromatic N) is 5. The summed E-state index contributed by atoms with van der Waals surface area (Å²) in [6.07, 6.45) is 2.30. The van der Waals surface area contributed by atoms with Crippen molar-refractivity contribution in [3.8, 4) is 0 Å². The van der Waals surface area contributed by atoms with Crippen LogP contribution >= 0.6 is 0 Å². The first-order chi connectivity index (χ1) is 18.7. The monoisotopic (exact) mass is 538 g/mol. The minimum absolute atomic E-state index is 0.0758. The van der Waals surface area contributed by atoms with Crippen LogP contribution in [0.3, 0.4) is 0 Å². The van der Waals surface area contributed by atoms with Crippen LogP contribution in [0.15, 0.2) is 48.5 Å². The Morgan fingerprint density at radius 3 is 2.18 bits per heavy atom. The number of benzene rings is 2. The molecule has 2 heterocycles. The second-order valence-corrected chi connectivity index (χ2v) is 9.69. The molecule has 0 bridgehead atoms. The molecule has 3 amide bonds. The first-order valence-electron chi connectivity index (χ1n) is 12.8. The number of carbonyl (C=O) groups is 3. The van der Waals surface area contributed by atoms with Crippen molar-refractivity contribution in [3.63, 3.8) is 0 Å². The van der Waals surface area contributed by atoms with Crippen LogP contribution in [-0.2, 0) is 9.59 Å². The van der Waals surface area contributed by atoms with E-state index in [0.717, 1.165) is 36.7 Å². The summed E-state index contributed by atoms with van der Waals surface area (Å²) < 4.78 is 0. The molecule has 2 aromatic rings. The zero-order valence-corrected chi connectivity index (χ0v) is 21.6.